The van der Waals surface area contributed by atoms with E-state index in [1.807, 2.05) is 6.92 Å². The van der Waals surface area contributed by atoms with Crippen molar-refractivity contribution in [2.45, 2.75) is 6.92 Å². The summed E-state index contributed by atoms with van der Waals surface area (Å²) in [5.41, 5.74) is 7.82. The molecule has 3 N–H and O–H groups in total. The van der Waals surface area contributed by atoms with Gasteiger partial charge in [0.15, 0.2) is 0 Å². The number of hydrogen-bond donors (Lipinski definition) is 2. The van der Waals surface area contributed by atoms with E-state index in [1.54, 1.807) is 24.4 Å². The fraction of sp³-hybridized carbons (Fsp3) is 0.0769. The molecule has 0 fully saturated rings. The highest BCUT2D eigenvalue weighted by molar-refractivity contribution is 9.10. The minimum absolute atomic E-state index is 0.296. The summed E-state index contributed by atoms with van der Waals surface area (Å²) < 4.78 is 14.0. The molecule has 0 unspecified atom stereocenters. The maximum absolute atomic E-state index is 13.5. The third-order valence-corrected chi connectivity index (χ3v) is 3.42. The third-order valence-electron chi connectivity index (χ3n) is 2.57. The quantitative estimate of drug-likeness (QED) is 0.837. The van der Waals surface area contributed by atoms with Crippen molar-refractivity contribution < 1.29 is 4.39 Å². The van der Waals surface area contributed by atoms with Crippen LogP contribution >= 0.6 is 28.1 Å². The van der Waals surface area contributed by atoms with E-state index in [9.17, 15) is 4.39 Å². The van der Waals surface area contributed by atoms with Gasteiger partial charge in [0, 0.05) is 17.4 Å². The van der Waals surface area contributed by atoms with E-state index in [2.05, 4.69) is 26.2 Å². The molecular formula is C13H11BrFN3S. The number of thiocarbonyl (C=S) groups is 1. The number of nitrogens with zero attached hydrogens (tertiary/aromatic N) is 1. The number of hydrogen-bond acceptors (Lipinski definition) is 3. The van der Waals surface area contributed by atoms with Crippen LogP contribution in [0.25, 0.3) is 0 Å². The first-order valence-corrected chi connectivity index (χ1v) is 6.66. The number of halogens is 2. The number of pyridine rings is 1. The fourth-order valence-corrected chi connectivity index (χ4v) is 2.16. The smallest absolute Gasteiger partial charge is 0.139 e. The van der Waals surface area contributed by atoms with E-state index in [4.69, 9.17) is 18.0 Å². The second-order valence-corrected chi connectivity index (χ2v) is 5.29. The first-order chi connectivity index (χ1) is 8.97. The number of nitrogens with one attached hydrogen (secondary N) is 1. The van der Waals surface area contributed by atoms with Gasteiger partial charge in [-0.3, -0.25) is 0 Å². The molecule has 19 heavy (non-hydrogen) atoms. The summed E-state index contributed by atoms with van der Waals surface area (Å²) in [6.07, 6.45) is 1.60. The fourth-order valence-electron chi connectivity index (χ4n) is 1.57. The Morgan fingerprint density at radius 2 is 2.16 bits per heavy atom. The van der Waals surface area contributed by atoms with Gasteiger partial charge in [0.25, 0.3) is 0 Å². The molecule has 3 nitrogen and oxygen atoms in total. The van der Waals surface area contributed by atoms with E-state index in [0.717, 1.165) is 5.56 Å². The van der Waals surface area contributed by atoms with Gasteiger partial charge in [-0.25, -0.2) is 9.37 Å². The van der Waals surface area contributed by atoms with Crippen LogP contribution in [0.15, 0.2) is 34.9 Å². The van der Waals surface area contributed by atoms with Gasteiger partial charge in [-0.15, -0.1) is 0 Å². The number of benzene rings is 1. The van der Waals surface area contributed by atoms with Crippen molar-refractivity contribution in [3.63, 3.8) is 0 Å². The van der Waals surface area contributed by atoms with Crippen LogP contribution < -0.4 is 11.1 Å². The van der Waals surface area contributed by atoms with Gasteiger partial charge in [0.05, 0.1) is 4.47 Å². The first kappa shape index (κ1) is 13.9. The Labute approximate surface area is 124 Å². The molecule has 0 spiro atoms. The average molecular weight is 340 g/mol. The van der Waals surface area contributed by atoms with Crippen LogP contribution in [0, 0.1) is 12.7 Å². The number of rotatable bonds is 3. The molecule has 1 aromatic heterocycles. The summed E-state index contributed by atoms with van der Waals surface area (Å²) in [7, 11) is 0. The standard InChI is InChI=1S/C13H11BrFN3S/c1-7-4-9(14)10(15)6-11(7)18-12-5-8(13(16)19)2-3-17-12/h2-6H,1H3,(H2,16,19)(H,17,18). The number of nitrogens with two attached hydrogens (primary N) is 1. The molecule has 0 amide bonds. The monoisotopic (exact) mass is 339 g/mol. The molecule has 0 bridgehead atoms. The molecule has 0 aliphatic carbocycles. The van der Waals surface area contributed by atoms with E-state index in [1.165, 1.54) is 6.07 Å². The van der Waals surface area contributed by atoms with E-state index in [-0.39, 0.29) is 5.82 Å². The Bertz CT molecular complexity index is 646. The van der Waals surface area contributed by atoms with E-state index in [0.29, 0.717) is 26.5 Å². The Kier molecular flexibility index (Phi) is 4.11. The zero-order chi connectivity index (χ0) is 14.0. The maximum atomic E-state index is 13.5. The van der Waals surface area contributed by atoms with Crippen molar-refractivity contribution in [3.8, 4) is 0 Å². The van der Waals surface area contributed by atoms with Crippen LogP contribution in [0.4, 0.5) is 15.9 Å². The molecule has 0 saturated heterocycles. The number of anilines is 2. The third kappa shape index (κ3) is 3.27. The first-order valence-electron chi connectivity index (χ1n) is 5.46. The molecule has 98 valence electrons. The number of aryl methyl sites for hydroxylation is 1. The lowest BCUT2D eigenvalue weighted by Gasteiger charge is -2.10. The molecule has 1 aromatic carbocycles. The summed E-state index contributed by atoms with van der Waals surface area (Å²) in [6.45, 7) is 1.88. The van der Waals surface area contributed by atoms with Crippen LogP contribution in [0.5, 0.6) is 0 Å². The largest absolute Gasteiger partial charge is 0.389 e. The van der Waals surface area contributed by atoms with Crippen LogP contribution in [0.2, 0.25) is 0 Å². The molecule has 1 heterocycles. The van der Waals surface area contributed by atoms with Crippen molar-refractivity contribution in [1.82, 2.24) is 4.98 Å². The summed E-state index contributed by atoms with van der Waals surface area (Å²) >= 11 is 8.05. The average Bonchev–Trinajstić information content (AvgIpc) is 2.36. The van der Waals surface area contributed by atoms with Gasteiger partial charge in [0.2, 0.25) is 0 Å². The molecule has 0 atom stereocenters. The van der Waals surface area contributed by atoms with Gasteiger partial charge in [0.1, 0.15) is 16.6 Å². The highest BCUT2D eigenvalue weighted by Crippen LogP contribution is 2.26. The van der Waals surface area contributed by atoms with E-state index < -0.39 is 0 Å². The highest BCUT2D eigenvalue weighted by Gasteiger charge is 2.07. The minimum atomic E-state index is -0.335. The predicted octanol–water partition coefficient (Wildman–Crippen LogP) is 3.67. The molecule has 0 aliphatic rings. The Balaban J connectivity index is 2.33. The van der Waals surface area contributed by atoms with Crippen LogP contribution in [0.3, 0.4) is 0 Å². The van der Waals surface area contributed by atoms with Crippen molar-refractivity contribution in [3.05, 3.63) is 51.9 Å². The summed E-state index contributed by atoms with van der Waals surface area (Å²) in [5, 5.41) is 3.05. The molecule has 2 rings (SSSR count). The topological polar surface area (TPSA) is 50.9 Å². The Morgan fingerprint density at radius 3 is 2.84 bits per heavy atom. The molecule has 0 aliphatic heterocycles. The Hall–Kier alpha value is -1.53. The van der Waals surface area contributed by atoms with Crippen molar-refractivity contribution in [1.29, 1.82) is 0 Å². The lowest BCUT2D eigenvalue weighted by atomic mass is 10.2. The zero-order valence-corrected chi connectivity index (χ0v) is 12.5. The molecular weight excluding hydrogens is 329 g/mol. The van der Waals surface area contributed by atoms with Gasteiger partial charge in [-0.1, -0.05) is 12.2 Å². The second kappa shape index (κ2) is 5.63. The van der Waals surface area contributed by atoms with Gasteiger partial charge in [-0.2, -0.15) is 0 Å². The van der Waals surface area contributed by atoms with Crippen LogP contribution in [-0.2, 0) is 0 Å². The van der Waals surface area contributed by atoms with Gasteiger partial charge < -0.3 is 11.1 Å². The van der Waals surface area contributed by atoms with E-state index >= 15 is 0 Å². The highest BCUT2D eigenvalue weighted by atomic mass is 79.9. The van der Waals surface area contributed by atoms with Crippen molar-refractivity contribution >= 4 is 44.6 Å². The SMILES string of the molecule is Cc1cc(Br)c(F)cc1Nc1cc(C(N)=S)ccn1. The van der Waals surface area contributed by atoms with Crippen molar-refractivity contribution in [2.75, 3.05) is 5.32 Å². The molecule has 0 radical (unpaired) electrons. The summed E-state index contributed by atoms with van der Waals surface area (Å²) in [4.78, 5) is 4.45. The van der Waals surface area contributed by atoms with Gasteiger partial charge in [-0.05, 0) is 52.7 Å². The maximum Gasteiger partial charge on any atom is 0.139 e. The predicted molar refractivity (Wildman–Crippen MR) is 82.2 cm³/mol. The minimum Gasteiger partial charge on any atom is -0.389 e. The van der Waals surface area contributed by atoms with Crippen LogP contribution in [0.1, 0.15) is 11.1 Å². The number of aromatic nitrogens is 1. The second-order valence-electron chi connectivity index (χ2n) is 4.00. The summed E-state index contributed by atoms with van der Waals surface area (Å²) in [6, 6.07) is 6.56. The van der Waals surface area contributed by atoms with Gasteiger partial charge >= 0.3 is 0 Å². The summed E-state index contributed by atoms with van der Waals surface area (Å²) in [5.74, 6) is 0.230. The Morgan fingerprint density at radius 1 is 1.42 bits per heavy atom. The lowest BCUT2D eigenvalue weighted by molar-refractivity contribution is 0.621. The molecule has 6 heteroatoms. The molecule has 0 saturated carbocycles. The van der Waals surface area contributed by atoms with Crippen molar-refractivity contribution in [2.24, 2.45) is 5.73 Å². The van der Waals surface area contributed by atoms with Crippen LogP contribution in [-0.4, -0.2) is 9.97 Å². The molecule has 2 aromatic rings. The lowest BCUT2D eigenvalue weighted by Crippen LogP contribution is -2.10. The normalized spacial score (nSPS) is 10.3. The zero-order valence-electron chi connectivity index (χ0n) is 10.1.